The fourth-order valence-corrected chi connectivity index (χ4v) is 2.18. The average molecular weight is 312 g/mol. The molecule has 0 aliphatic rings. The van der Waals surface area contributed by atoms with Gasteiger partial charge in [-0.1, -0.05) is 12.1 Å². The molecule has 0 saturated heterocycles. The summed E-state index contributed by atoms with van der Waals surface area (Å²) in [6, 6.07) is 10.2. The highest BCUT2D eigenvalue weighted by Crippen LogP contribution is 2.15. The van der Waals surface area contributed by atoms with Gasteiger partial charge in [0.2, 0.25) is 5.89 Å². The summed E-state index contributed by atoms with van der Waals surface area (Å²) < 4.78 is 12.1. The van der Waals surface area contributed by atoms with Gasteiger partial charge in [-0.05, 0) is 32.0 Å². The number of hydrogen-bond donors (Lipinski definition) is 0. The first-order valence-corrected chi connectivity index (χ1v) is 7.29. The minimum Gasteiger partial charge on any atom is -0.459 e. The maximum absolute atomic E-state index is 12.1. The number of benzene rings is 1. The van der Waals surface area contributed by atoms with Crippen LogP contribution in [0.15, 0.2) is 51.8 Å². The predicted octanol–water partition coefficient (Wildman–Crippen LogP) is 2.60. The zero-order valence-corrected chi connectivity index (χ0v) is 12.9. The van der Waals surface area contributed by atoms with E-state index in [2.05, 4.69) is 4.98 Å². The number of oxazole rings is 1. The van der Waals surface area contributed by atoms with Gasteiger partial charge in [0.15, 0.2) is 5.58 Å². The van der Waals surface area contributed by atoms with Crippen molar-refractivity contribution in [2.45, 2.75) is 26.5 Å². The van der Waals surface area contributed by atoms with Crippen molar-refractivity contribution in [3.63, 3.8) is 0 Å². The molecule has 3 aromatic rings. The molecule has 23 heavy (non-hydrogen) atoms. The Kier molecular flexibility index (Phi) is 3.97. The molecular weight excluding hydrogens is 296 g/mol. The number of hydrogen-bond acceptors (Lipinski definition) is 5. The van der Waals surface area contributed by atoms with Crippen LogP contribution in [0.2, 0.25) is 0 Å². The van der Waals surface area contributed by atoms with Crippen LogP contribution in [0.5, 0.6) is 0 Å². The van der Waals surface area contributed by atoms with Gasteiger partial charge in [0.05, 0.1) is 11.7 Å². The molecule has 0 N–H and O–H groups in total. The summed E-state index contributed by atoms with van der Waals surface area (Å²) >= 11 is 0. The number of fused-ring (bicyclic) bond motifs is 1. The maximum atomic E-state index is 12.1. The summed E-state index contributed by atoms with van der Waals surface area (Å²) in [5.74, 6) is -0.0723. The van der Waals surface area contributed by atoms with Gasteiger partial charge in [-0.2, -0.15) is 0 Å². The minimum atomic E-state index is -0.508. The molecule has 2 aromatic heterocycles. The Hall–Kier alpha value is -2.89. The van der Waals surface area contributed by atoms with Crippen LogP contribution in [0.3, 0.4) is 0 Å². The summed E-state index contributed by atoms with van der Waals surface area (Å²) in [6.07, 6.45) is 1.30. The highest BCUT2D eigenvalue weighted by molar-refractivity contribution is 5.89. The Bertz CT molecular complexity index is 875. The number of rotatable bonds is 4. The molecule has 0 aliphatic carbocycles. The van der Waals surface area contributed by atoms with Crippen molar-refractivity contribution in [1.29, 1.82) is 0 Å². The minimum absolute atomic E-state index is 0.201. The monoisotopic (exact) mass is 312 g/mol. The second kappa shape index (κ2) is 6.08. The van der Waals surface area contributed by atoms with Crippen LogP contribution < -0.4 is 5.56 Å². The van der Waals surface area contributed by atoms with E-state index in [9.17, 15) is 9.59 Å². The van der Waals surface area contributed by atoms with Crippen molar-refractivity contribution >= 4 is 17.1 Å². The quantitative estimate of drug-likeness (QED) is 0.692. The molecule has 0 saturated carbocycles. The molecule has 0 radical (unpaired) electrons. The van der Waals surface area contributed by atoms with Gasteiger partial charge in [-0.15, -0.1) is 0 Å². The number of para-hydroxylation sites is 2. The standard InChI is InChI=1S/C17H16N2O4/c1-11(2)22-17(21)12-7-8-19(16(20)9-12)10-15-18-13-5-3-4-6-14(13)23-15/h3-9,11H,10H2,1-2H3. The van der Waals surface area contributed by atoms with Crippen molar-refractivity contribution in [1.82, 2.24) is 9.55 Å². The Morgan fingerprint density at radius 2 is 2.09 bits per heavy atom. The molecule has 0 aliphatic heterocycles. The summed E-state index contributed by atoms with van der Waals surface area (Å²) in [4.78, 5) is 28.3. The molecule has 0 atom stereocenters. The van der Waals surface area contributed by atoms with Gasteiger partial charge in [0.25, 0.3) is 5.56 Å². The SMILES string of the molecule is CC(C)OC(=O)c1ccn(Cc2nc3ccccc3o2)c(=O)c1. The van der Waals surface area contributed by atoms with Crippen LogP contribution in [0, 0.1) is 0 Å². The van der Waals surface area contributed by atoms with Crippen molar-refractivity contribution in [3.8, 4) is 0 Å². The molecule has 1 aromatic carbocycles. The molecule has 0 spiro atoms. The molecule has 6 heteroatoms. The first-order valence-electron chi connectivity index (χ1n) is 7.29. The van der Waals surface area contributed by atoms with Crippen LogP contribution in [0.1, 0.15) is 30.1 Å². The van der Waals surface area contributed by atoms with Gasteiger partial charge in [-0.3, -0.25) is 4.79 Å². The molecular formula is C17H16N2O4. The lowest BCUT2D eigenvalue weighted by Crippen LogP contribution is -2.22. The fraction of sp³-hybridized carbons (Fsp3) is 0.235. The molecule has 2 heterocycles. The summed E-state index contributed by atoms with van der Waals surface area (Å²) in [7, 11) is 0. The number of carbonyl (C=O) groups excluding carboxylic acids is 1. The van der Waals surface area contributed by atoms with Crippen LogP contribution >= 0.6 is 0 Å². The van der Waals surface area contributed by atoms with Crippen molar-refractivity contribution in [2.75, 3.05) is 0 Å². The van der Waals surface area contributed by atoms with E-state index in [1.54, 1.807) is 19.9 Å². The third kappa shape index (κ3) is 3.31. The summed E-state index contributed by atoms with van der Waals surface area (Å²) in [5.41, 5.74) is 1.34. The second-order valence-electron chi connectivity index (χ2n) is 5.41. The van der Waals surface area contributed by atoms with Crippen LogP contribution in [-0.2, 0) is 11.3 Å². The lowest BCUT2D eigenvalue weighted by atomic mass is 10.2. The first kappa shape index (κ1) is 15.0. The Balaban J connectivity index is 1.83. The predicted molar refractivity (Wildman–Crippen MR) is 84.4 cm³/mol. The highest BCUT2D eigenvalue weighted by atomic mass is 16.5. The highest BCUT2D eigenvalue weighted by Gasteiger charge is 2.12. The number of esters is 1. The molecule has 0 fully saturated rings. The largest absolute Gasteiger partial charge is 0.459 e. The van der Waals surface area contributed by atoms with E-state index in [-0.39, 0.29) is 23.8 Å². The zero-order chi connectivity index (χ0) is 16.4. The average Bonchev–Trinajstić information content (AvgIpc) is 2.91. The lowest BCUT2D eigenvalue weighted by Gasteiger charge is -2.08. The second-order valence-corrected chi connectivity index (χ2v) is 5.41. The van der Waals surface area contributed by atoms with E-state index in [4.69, 9.17) is 9.15 Å². The zero-order valence-electron chi connectivity index (χ0n) is 12.9. The number of aromatic nitrogens is 2. The van der Waals surface area contributed by atoms with E-state index < -0.39 is 5.97 Å². The number of carbonyl (C=O) groups is 1. The van der Waals surface area contributed by atoms with Crippen molar-refractivity contribution in [2.24, 2.45) is 0 Å². The number of nitrogens with zero attached hydrogens (tertiary/aromatic N) is 2. The van der Waals surface area contributed by atoms with E-state index in [0.29, 0.717) is 11.5 Å². The van der Waals surface area contributed by atoms with Crippen molar-refractivity contribution in [3.05, 3.63) is 64.4 Å². The normalized spacial score (nSPS) is 11.1. The number of ether oxygens (including phenoxy) is 1. The smallest absolute Gasteiger partial charge is 0.338 e. The first-order chi connectivity index (χ1) is 11.0. The van der Waals surface area contributed by atoms with Gasteiger partial charge in [-0.25, -0.2) is 9.78 Å². The number of pyridine rings is 1. The molecule has 118 valence electrons. The lowest BCUT2D eigenvalue weighted by molar-refractivity contribution is 0.0377. The van der Waals surface area contributed by atoms with E-state index in [1.807, 2.05) is 24.3 Å². The third-order valence-corrected chi connectivity index (χ3v) is 3.22. The molecule has 3 rings (SSSR count). The fourth-order valence-electron chi connectivity index (χ4n) is 2.18. The van der Waals surface area contributed by atoms with Gasteiger partial charge in [0, 0.05) is 12.3 Å². The molecule has 0 amide bonds. The van der Waals surface area contributed by atoms with E-state index >= 15 is 0 Å². The Labute approximate surface area is 132 Å². The Morgan fingerprint density at radius 1 is 1.30 bits per heavy atom. The Morgan fingerprint density at radius 3 is 2.78 bits per heavy atom. The van der Waals surface area contributed by atoms with E-state index in [1.165, 1.54) is 16.8 Å². The van der Waals surface area contributed by atoms with Gasteiger partial charge in [0.1, 0.15) is 12.1 Å². The van der Waals surface area contributed by atoms with Crippen molar-refractivity contribution < 1.29 is 13.9 Å². The van der Waals surface area contributed by atoms with Crippen LogP contribution in [-0.4, -0.2) is 21.6 Å². The third-order valence-electron chi connectivity index (χ3n) is 3.22. The maximum Gasteiger partial charge on any atom is 0.338 e. The molecule has 0 bridgehead atoms. The molecule has 0 unspecified atom stereocenters. The van der Waals surface area contributed by atoms with Crippen LogP contribution in [0.25, 0.3) is 11.1 Å². The summed E-state index contributed by atoms with van der Waals surface area (Å²) in [5, 5.41) is 0. The van der Waals surface area contributed by atoms with Crippen LogP contribution in [0.4, 0.5) is 0 Å². The topological polar surface area (TPSA) is 74.3 Å². The van der Waals surface area contributed by atoms with Gasteiger partial charge >= 0.3 is 5.97 Å². The van der Waals surface area contributed by atoms with Gasteiger partial charge < -0.3 is 13.7 Å². The summed E-state index contributed by atoms with van der Waals surface area (Å²) in [6.45, 7) is 3.71. The van der Waals surface area contributed by atoms with E-state index in [0.717, 1.165) is 5.52 Å². The molecule has 6 nitrogen and oxygen atoms in total.